The standard InChI is InChI=1S/C14H21NO/c1-10(2)16-13-6-4-12(5-7-13)14-8-11(3)9-15-14/h4-7,10-11,14-15H,8-9H2,1-3H3. The first-order chi connectivity index (χ1) is 7.65. The molecular weight excluding hydrogens is 198 g/mol. The zero-order chi connectivity index (χ0) is 11.5. The van der Waals surface area contributed by atoms with Crippen LogP contribution < -0.4 is 10.1 Å². The first kappa shape index (κ1) is 11.5. The minimum absolute atomic E-state index is 0.246. The molecule has 0 aromatic heterocycles. The van der Waals surface area contributed by atoms with E-state index in [2.05, 4.69) is 36.5 Å². The van der Waals surface area contributed by atoms with Crippen molar-refractivity contribution >= 4 is 0 Å². The summed E-state index contributed by atoms with van der Waals surface area (Å²) in [6.07, 6.45) is 1.49. The molecule has 2 heteroatoms. The average molecular weight is 219 g/mol. The monoisotopic (exact) mass is 219 g/mol. The molecule has 1 aliphatic rings. The SMILES string of the molecule is CC1CNC(c2ccc(OC(C)C)cc2)C1. The Bertz CT molecular complexity index is 331. The molecule has 1 aromatic carbocycles. The lowest BCUT2D eigenvalue weighted by atomic mass is 10.0. The summed E-state index contributed by atoms with van der Waals surface area (Å²) in [7, 11) is 0. The van der Waals surface area contributed by atoms with Gasteiger partial charge >= 0.3 is 0 Å². The van der Waals surface area contributed by atoms with Crippen LogP contribution in [0.15, 0.2) is 24.3 Å². The Morgan fingerprint density at radius 3 is 2.44 bits per heavy atom. The third kappa shape index (κ3) is 2.76. The molecule has 2 nitrogen and oxygen atoms in total. The van der Waals surface area contributed by atoms with E-state index in [1.54, 1.807) is 0 Å². The van der Waals surface area contributed by atoms with E-state index in [-0.39, 0.29) is 6.10 Å². The van der Waals surface area contributed by atoms with E-state index in [9.17, 15) is 0 Å². The molecule has 0 amide bonds. The highest BCUT2D eigenvalue weighted by Crippen LogP contribution is 2.27. The van der Waals surface area contributed by atoms with Gasteiger partial charge in [0.15, 0.2) is 0 Å². The number of nitrogens with one attached hydrogen (secondary N) is 1. The summed E-state index contributed by atoms with van der Waals surface area (Å²) < 4.78 is 5.63. The van der Waals surface area contributed by atoms with Gasteiger partial charge in [-0.05, 0) is 50.4 Å². The molecule has 2 unspecified atom stereocenters. The van der Waals surface area contributed by atoms with E-state index in [0.717, 1.165) is 18.2 Å². The van der Waals surface area contributed by atoms with E-state index in [1.165, 1.54) is 12.0 Å². The molecule has 0 bridgehead atoms. The minimum atomic E-state index is 0.246. The van der Waals surface area contributed by atoms with Crippen LogP contribution in [-0.2, 0) is 0 Å². The van der Waals surface area contributed by atoms with Crippen LogP contribution >= 0.6 is 0 Å². The molecule has 88 valence electrons. The highest BCUT2D eigenvalue weighted by molar-refractivity contribution is 5.29. The average Bonchev–Trinajstić information content (AvgIpc) is 2.65. The van der Waals surface area contributed by atoms with E-state index >= 15 is 0 Å². The molecular formula is C14H21NO. The summed E-state index contributed by atoms with van der Waals surface area (Å²) in [6.45, 7) is 7.53. The molecule has 1 fully saturated rings. The van der Waals surface area contributed by atoms with Crippen molar-refractivity contribution in [1.82, 2.24) is 5.32 Å². The highest BCUT2D eigenvalue weighted by atomic mass is 16.5. The third-order valence-corrected chi connectivity index (χ3v) is 3.01. The summed E-state index contributed by atoms with van der Waals surface area (Å²) in [5.41, 5.74) is 1.38. The van der Waals surface area contributed by atoms with Crippen molar-refractivity contribution in [3.63, 3.8) is 0 Å². The fourth-order valence-electron chi connectivity index (χ4n) is 2.22. The van der Waals surface area contributed by atoms with Crippen molar-refractivity contribution in [1.29, 1.82) is 0 Å². The van der Waals surface area contributed by atoms with E-state index in [1.807, 2.05) is 13.8 Å². The van der Waals surface area contributed by atoms with Gasteiger partial charge in [-0.1, -0.05) is 19.1 Å². The lowest BCUT2D eigenvalue weighted by molar-refractivity contribution is 0.242. The fraction of sp³-hybridized carbons (Fsp3) is 0.571. The smallest absolute Gasteiger partial charge is 0.119 e. The van der Waals surface area contributed by atoms with Crippen LogP contribution in [0.25, 0.3) is 0 Å². The van der Waals surface area contributed by atoms with Crippen LogP contribution in [0.1, 0.15) is 38.8 Å². The van der Waals surface area contributed by atoms with Crippen LogP contribution in [-0.4, -0.2) is 12.6 Å². The van der Waals surface area contributed by atoms with Gasteiger partial charge in [0.1, 0.15) is 5.75 Å². The van der Waals surface area contributed by atoms with Crippen LogP contribution in [0.5, 0.6) is 5.75 Å². The molecule has 2 rings (SSSR count). The molecule has 2 atom stereocenters. The van der Waals surface area contributed by atoms with Crippen molar-refractivity contribution < 1.29 is 4.74 Å². The first-order valence-electron chi connectivity index (χ1n) is 6.15. The maximum atomic E-state index is 5.63. The Labute approximate surface area is 98.0 Å². The molecule has 0 saturated carbocycles. The molecule has 16 heavy (non-hydrogen) atoms. The van der Waals surface area contributed by atoms with Gasteiger partial charge in [0.25, 0.3) is 0 Å². The normalized spacial score (nSPS) is 25.0. The maximum Gasteiger partial charge on any atom is 0.119 e. The predicted octanol–water partition coefficient (Wildman–Crippen LogP) is 3.14. The van der Waals surface area contributed by atoms with Crippen LogP contribution in [0.4, 0.5) is 0 Å². The molecule has 1 heterocycles. The fourth-order valence-corrected chi connectivity index (χ4v) is 2.22. The molecule has 1 aromatic rings. The zero-order valence-corrected chi connectivity index (χ0v) is 10.4. The van der Waals surface area contributed by atoms with Gasteiger partial charge in [0, 0.05) is 6.04 Å². The zero-order valence-electron chi connectivity index (χ0n) is 10.4. The first-order valence-corrected chi connectivity index (χ1v) is 6.15. The Kier molecular flexibility index (Phi) is 3.49. The van der Waals surface area contributed by atoms with Gasteiger partial charge in [-0.25, -0.2) is 0 Å². The second-order valence-electron chi connectivity index (χ2n) is 5.04. The summed E-state index contributed by atoms with van der Waals surface area (Å²) in [5, 5.41) is 3.54. The maximum absolute atomic E-state index is 5.63. The van der Waals surface area contributed by atoms with Crippen molar-refractivity contribution in [2.45, 2.75) is 39.3 Å². The highest BCUT2D eigenvalue weighted by Gasteiger charge is 2.21. The molecule has 0 spiro atoms. The number of benzene rings is 1. The summed E-state index contributed by atoms with van der Waals surface area (Å²) in [6, 6.07) is 9.02. The summed E-state index contributed by atoms with van der Waals surface area (Å²) >= 11 is 0. The molecule has 1 N–H and O–H groups in total. The number of hydrogen-bond donors (Lipinski definition) is 1. The van der Waals surface area contributed by atoms with E-state index < -0.39 is 0 Å². The predicted molar refractivity (Wildman–Crippen MR) is 66.7 cm³/mol. The molecule has 0 radical (unpaired) electrons. The largest absolute Gasteiger partial charge is 0.491 e. The van der Waals surface area contributed by atoms with Crippen molar-refractivity contribution in [3.05, 3.63) is 29.8 Å². The lowest BCUT2D eigenvalue weighted by Crippen LogP contribution is -2.13. The number of ether oxygens (including phenoxy) is 1. The van der Waals surface area contributed by atoms with Gasteiger partial charge in [-0.15, -0.1) is 0 Å². The second kappa shape index (κ2) is 4.88. The minimum Gasteiger partial charge on any atom is -0.491 e. The molecule has 0 aliphatic carbocycles. The van der Waals surface area contributed by atoms with E-state index in [4.69, 9.17) is 4.74 Å². The molecule has 1 aliphatic heterocycles. The van der Waals surface area contributed by atoms with Crippen LogP contribution in [0.3, 0.4) is 0 Å². The van der Waals surface area contributed by atoms with E-state index in [0.29, 0.717) is 6.04 Å². The number of rotatable bonds is 3. The van der Waals surface area contributed by atoms with Gasteiger partial charge in [0.2, 0.25) is 0 Å². The van der Waals surface area contributed by atoms with Gasteiger partial charge in [-0.2, -0.15) is 0 Å². The van der Waals surface area contributed by atoms with Gasteiger partial charge in [0.05, 0.1) is 6.10 Å². The van der Waals surface area contributed by atoms with Gasteiger partial charge < -0.3 is 10.1 Å². The van der Waals surface area contributed by atoms with Crippen LogP contribution in [0.2, 0.25) is 0 Å². The van der Waals surface area contributed by atoms with Crippen LogP contribution in [0, 0.1) is 5.92 Å². The Morgan fingerprint density at radius 2 is 1.94 bits per heavy atom. The quantitative estimate of drug-likeness (QED) is 0.843. The topological polar surface area (TPSA) is 21.3 Å². The molecule has 1 saturated heterocycles. The second-order valence-corrected chi connectivity index (χ2v) is 5.04. The lowest BCUT2D eigenvalue weighted by Gasteiger charge is -2.13. The summed E-state index contributed by atoms with van der Waals surface area (Å²) in [5.74, 6) is 1.75. The number of hydrogen-bond acceptors (Lipinski definition) is 2. The van der Waals surface area contributed by atoms with Crippen molar-refractivity contribution in [2.75, 3.05) is 6.54 Å². The summed E-state index contributed by atoms with van der Waals surface area (Å²) in [4.78, 5) is 0. The Morgan fingerprint density at radius 1 is 1.25 bits per heavy atom. The van der Waals surface area contributed by atoms with Gasteiger partial charge in [-0.3, -0.25) is 0 Å². The third-order valence-electron chi connectivity index (χ3n) is 3.01. The Hall–Kier alpha value is -1.02. The Balaban J connectivity index is 2.02. The van der Waals surface area contributed by atoms with Crippen molar-refractivity contribution in [3.8, 4) is 5.75 Å². The van der Waals surface area contributed by atoms with Crippen molar-refractivity contribution in [2.24, 2.45) is 5.92 Å².